The molecule has 1 N–H and O–H groups in total. The maximum absolute atomic E-state index is 12.2. The van der Waals surface area contributed by atoms with E-state index in [1.54, 1.807) is 17.5 Å². The van der Waals surface area contributed by atoms with E-state index in [0.29, 0.717) is 13.1 Å². The fraction of sp³-hybridized carbons (Fsp3) is 0.500. The Hall–Kier alpha value is -1.66. The molecule has 0 aromatic carbocycles. The maximum Gasteiger partial charge on any atom is 0.239 e. The van der Waals surface area contributed by atoms with Crippen LogP contribution in [-0.4, -0.2) is 40.2 Å². The number of hydrogen-bond acceptors (Lipinski definition) is 4. The van der Waals surface area contributed by atoms with Crippen LogP contribution in [0.15, 0.2) is 29.8 Å². The molecule has 0 atom stereocenters. The Morgan fingerprint density at radius 2 is 2.23 bits per heavy atom. The minimum absolute atomic E-state index is 0.0440. The number of rotatable bonds is 5. The second-order valence-corrected chi connectivity index (χ2v) is 6.99. The average molecular weight is 318 g/mol. The molecule has 5 nitrogen and oxygen atoms in total. The van der Waals surface area contributed by atoms with E-state index in [9.17, 15) is 4.79 Å². The number of anilines is 1. The summed E-state index contributed by atoms with van der Waals surface area (Å²) in [7, 11) is 0. The summed E-state index contributed by atoms with van der Waals surface area (Å²) < 4.78 is 1.84. The summed E-state index contributed by atoms with van der Waals surface area (Å²) in [5.74, 6) is 1.60. The zero-order valence-corrected chi connectivity index (χ0v) is 13.7. The molecule has 1 fully saturated rings. The van der Waals surface area contributed by atoms with Crippen LogP contribution in [0.2, 0.25) is 0 Å². The molecule has 3 rings (SSSR count). The van der Waals surface area contributed by atoms with Crippen molar-refractivity contribution in [3.05, 3.63) is 34.7 Å². The van der Waals surface area contributed by atoms with Crippen molar-refractivity contribution in [1.82, 2.24) is 14.7 Å². The van der Waals surface area contributed by atoms with Crippen molar-refractivity contribution in [2.24, 2.45) is 5.92 Å². The standard InChI is InChI=1S/C16H22N4OS/c1-13-5-8-19(9-6-13)12-16(21)18-15-4-7-17-20(15)11-14-3-2-10-22-14/h2-4,7,10,13H,5-6,8-9,11-12H2,1H3,(H,18,21). The number of carbonyl (C=O) groups is 1. The van der Waals surface area contributed by atoms with Gasteiger partial charge in [-0.2, -0.15) is 5.10 Å². The lowest BCUT2D eigenvalue weighted by Gasteiger charge is -2.29. The van der Waals surface area contributed by atoms with E-state index in [0.717, 1.165) is 24.8 Å². The highest BCUT2D eigenvalue weighted by Crippen LogP contribution is 2.16. The molecule has 0 aliphatic carbocycles. The molecule has 3 heterocycles. The Kier molecular flexibility index (Phi) is 4.90. The van der Waals surface area contributed by atoms with Crippen molar-refractivity contribution in [1.29, 1.82) is 0 Å². The lowest BCUT2D eigenvalue weighted by molar-refractivity contribution is -0.117. The summed E-state index contributed by atoms with van der Waals surface area (Å²) in [6.45, 7) is 5.48. The molecule has 0 spiro atoms. The van der Waals surface area contributed by atoms with Gasteiger partial charge in [0, 0.05) is 10.9 Å². The molecule has 1 saturated heterocycles. The van der Waals surface area contributed by atoms with Gasteiger partial charge >= 0.3 is 0 Å². The number of piperidine rings is 1. The fourth-order valence-electron chi connectivity index (χ4n) is 2.72. The van der Waals surface area contributed by atoms with Gasteiger partial charge in [-0.1, -0.05) is 13.0 Å². The van der Waals surface area contributed by atoms with Crippen LogP contribution in [0.1, 0.15) is 24.6 Å². The van der Waals surface area contributed by atoms with Crippen LogP contribution in [0.5, 0.6) is 0 Å². The molecule has 22 heavy (non-hydrogen) atoms. The van der Waals surface area contributed by atoms with Gasteiger partial charge in [-0.25, -0.2) is 4.68 Å². The van der Waals surface area contributed by atoms with Gasteiger partial charge in [0.05, 0.1) is 19.3 Å². The van der Waals surface area contributed by atoms with Gasteiger partial charge in [-0.05, 0) is 43.3 Å². The Morgan fingerprint density at radius 1 is 1.41 bits per heavy atom. The molecule has 118 valence electrons. The summed E-state index contributed by atoms with van der Waals surface area (Å²) in [5.41, 5.74) is 0. The van der Waals surface area contributed by atoms with E-state index in [-0.39, 0.29) is 5.91 Å². The van der Waals surface area contributed by atoms with Crippen molar-refractivity contribution >= 4 is 23.1 Å². The van der Waals surface area contributed by atoms with Crippen LogP contribution >= 0.6 is 11.3 Å². The molecule has 1 amide bonds. The lowest BCUT2D eigenvalue weighted by Crippen LogP contribution is -2.39. The van der Waals surface area contributed by atoms with Crippen LogP contribution in [0, 0.1) is 5.92 Å². The number of nitrogens with zero attached hydrogens (tertiary/aromatic N) is 3. The van der Waals surface area contributed by atoms with Crippen molar-refractivity contribution < 1.29 is 4.79 Å². The average Bonchev–Trinajstić information content (AvgIpc) is 3.15. The van der Waals surface area contributed by atoms with Crippen LogP contribution in [0.4, 0.5) is 5.82 Å². The molecule has 0 bridgehead atoms. The third-order valence-corrected chi connectivity index (χ3v) is 4.97. The van der Waals surface area contributed by atoms with Gasteiger partial charge in [-0.15, -0.1) is 11.3 Å². The summed E-state index contributed by atoms with van der Waals surface area (Å²) in [4.78, 5) is 15.7. The third kappa shape index (κ3) is 3.96. The molecule has 0 saturated carbocycles. The molecule has 2 aromatic rings. The van der Waals surface area contributed by atoms with Crippen molar-refractivity contribution in [3.63, 3.8) is 0 Å². The molecule has 6 heteroatoms. The fourth-order valence-corrected chi connectivity index (χ4v) is 3.41. The second kappa shape index (κ2) is 7.07. The first kappa shape index (κ1) is 15.2. The van der Waals surface area contributed by atoms with E-state index in [1.165, 1.54) is 17.7 Å². The molecular weight excluding hydrogens is 296 g/mol. The lowest BCUT2D eigenvalue weighted by atomic mass is 9.99. The van der Waals surface area contributed by atoms with Gasteiger partial charge < -0.3 is 5.32 Å². The number of likely N-dealkylation sites (tertiary alicyclic amines) is 1. The number of nitrogens with one attached hydrogen (secondary N) is 1. The largest absolute Gasteiger partial charge is 0.310 e. The van der Waals surface area contributed by atoms with Crippen molar-refractivity contribution in [3.8, 4) is 0 Å². The predicted octanol–water partition coefficient (Wildman–Crippen LogP) is 2.66. The number of aromatic nitrogens is 2. The van der Waals surface area contributed by atoms with E-state index >= 15 is 0 Å². The Labute approximate surface area is 134 Å². The van der Waals surface area contributed by atoms with E-state index in [2.05, 4.69) is 33.7 Å². The topological polar surface area (TPSA) is 50.2 Å². The van der Waals surface area contributed by atoms with Gasteiger partial charge in [0.1, 0.15) is 5.82 Å². The van der Waals surface area contributed by atoms with Crippen LogP contribution < -0.4 is 5.32 Å². The number of hydrogen-bond donors (Lipinski definition) is 1. The SMILES string of the molecule is CC1CCN(CC(=O)Nc2ccnn2Cc2cccs2)CC1. The highest BCUT2D eigenvalue weighted by Gasteiger charge is 2.18. The van der Waals surface area contributed by atoms with Crippen LogP contribution in [0.3, 0.4) is 0 Å². The zero-order chi connectivity index (χ0) is 15.4. The van der Waals surface area contributed by atoms with E-state index in [4.69, 9.17) is 0 Å². The molecule has 0 radical (unpaired) electrons. The number of thiophene rings is 1. The van der Waals surface area contributed by atoms with Gasteiger partial charge in [0.15, 0.2) is 0 Å². The summed E-state index contributed by atoms with van der Waals surface area (Å²) >= 11 is 1.70. The molecule has 2 aromatic heterocycles. The Morgan fingerprint density at radius 3 is 2.95 bits per heavy atom. The maximum atomic E-state index is 12.2. The minimum Gasteiger partial charge on any atom is -0.310 e. The van der Waals surface area contributed by atoms with E-state index < -0.39 is 0 Å². The highest BCUT2D eigenvalue weighted by atomic mass is 32.1. The van der Waals surface area contributed by atoms with Gasteiger partial charge in [0.25, 0.3) is 0 Å². The highest BCUT2D eigenvalue weighted by molar-refractivity contribution is 7.09. The Bertz CT molecular complexity index is 599. The van der Waals surface area contributed by atoms with Crippen LogP contribution in [-0.2, 0) is 11.3 Å². The first-order chi connectivity index (χ1) is 10.7. The summed E-state index contributed by atoms with van der Waals surface area (Å²) in [5, 5.41) is 9.33. The third-order valence-electron chi connectivity index (χ3n) is 4.11. The molecule has 1 aliphatic heterocycles. The first-order valence-corrected chi connectivity index (χ1v) is 8.65. The second-order valence-electron chi connectivity index (χ2n) is 5.96. The minimum atomic E-state index is 0.0440. The zero-order valence-electron chi connectivity index (χ0n) is 12.9. The Balaban J connectivity index is 1.54. The predicted molar refractivity (Wildman–Crippen MR) is 89.1 cm³/mol. The van der Waals surface area contributed by atoms with Crippen molar-refractivity contribution in [2.75, 3.05) is 25.0 Å². The molecule has 0 unspecified atom stereocenters. The smallest absolute Gasteiger partial charge is 0.239 e. The summed E-state index contributed by atoms with van der Waals surface area (Å²) in [6, 6.07) is 5.95. The van der Waals surface area contributed by atoms with Gasteiger partial charge in [-0.3, -0.25) is 9.69 Å². The number of amides is 1. The van der Waals surface area contributed by atoms with Gasteiger partial charge in [0.2, 0.25) is 5.91 Å². The quantitative estimate of drug-likeness (QED) is 0.922. The molecular formula is C16H22N4OS. The van der Waals surface area contributed by atoms with Crippen molar-refractivity contribution in [2.45, 2.75) is 26.3 Å². The van der Waals surface area contributed by atoms with Crippen LogP contribution in [0.25, 0.3) is 0 Å². The monoisotopic (exact) mass is 318 g/mol. The summed E-state index contributed by atoms with van der Waals surface area (Å²) in [6.07, 6.45) is 4.10. The first-order valence-electron chi connectivity index (χ1n) is 7.77. The normalized spacial score (nSPS) is 16.8. The molecule has 1 aliphatic rings. The number of carbonyl (C=O) groups excluding carboxylic acids is 1. The van der Waals surface area contributed by atoms with E-state index in [1.807, 2.05) is 16.8 Å².